The third kappa shape index (κ3) is 2.98. The standard InChI is InChI=1S/C8H8Cl3N3O2S2/c9-3-1-4-5(2-6(3)18(12,15)16)17-14-8(13-4)7(10)11/h1-2,7-8,13-14H,(H2,12,15,16). The van der Waals surface area contributed by atoms with Gasteiger partial charge in [0.05, 0.1) is 10.7 Å². The van der Waals surface area contributed by atoms with Crippen molar-refractivity contribution in [2.75, 3.05) is 5.32 Å². The van der Waals surface area contributed by atoms with Crippen LogP contribution in [-0.4, -0.2) is 19.4 Å². The van der Waals surface area contributed by atoms with Gasteiger partial charge in [0, 0.05) is 4.90 Å². The Morgan fingerprint density at radius 3 is 2.61 bits per heavy atom. The van der Waals surface area contributed by atoms with E-state index in [2.05, 4.69) is 10.0 Å². The number of hydrogen-bond donors (Lipinski definition) is 3. The van der Waals surface area contributed by atoms with E-state index in [1.807, 2.05) is 0 Å². The van der Waals surface area contributed by atoms with E-state index in [9.17, 15) is 8.42 Å². The highest BCUT2D eigenvalue weighted by molar-refractivity contribution is 7.97. The highest BCUT2D eigenvalue weighted by atomic mass is 35.5. The van der Waals surface area contributed by atoms with E-state index in [4.69, 9.17) is 39.9 Å². The number of anilines is 1. The van der Waals surface area contributed by atoms with Crippen molar-refractivity contribution in [3.05, 3.63) is 17.2 Å². The normalized spacial score (nSPS) is 19.5. The summed E-state index contributed by atoms with van der Waals surface area (Å²) in [5.41, 5.74) is 0.646. The Morgan fingerprint density at radius 2 is 2.06 bits per heavy atom. The summed E-state index contributed by atoms with van der Waals surface area (Å²) in [6, 6.07) is 2.87. The SMILES string of the molecule is NS(=O)(=O)c1cc2c(cc1Cl)NC(C(Cl)Cl)NS2. The van der Waals surface area contributed by atoms with E-state index in [0.717, 1.165) is 0 Å². The van der Waals surface area contributed by atoms with Crippen molar-refractivity contribution < 1.29 is 8.42 Å². The molecule has 1 aromatic carbocycles. The van der Waals surface area contributed by atoms with Crippen LogP contribution in [0.3, 0.4) is 0 Å². The maximum atomic E-state index is 11.3. The first-order valence-corrected chi connectivity index (χ1v) is 8.24. The Kier molecular flexibility index (Phi) is 4.23. The van der Waals surface area contributed by atoms with E-state index in [-0.39, 0.29) is 16.1 Å². The largest absolute Gasteiger partial charge is 0.366 e. The van der Waals surface area contributed by atoms with Gasteiger partial charge < -0.3 is 5.32 Å². The minimum absolute atomic E-state index is 0.0469. The number of alkyl halides is 2. The molecule has 0 saturated carbocycles. The summed E-state index contributed by atoms with van der Waals surface area (Å²) < 4.78 is 25.6. The fourth-order valence-electron chi connectivity index (χ4n) is 1.39. The van der Waals surface area contributed by atoms with Gasteiger partial charge in [-0.3, -0.25) is 0 Å². The highest BCUT2D eigenvalue weighted by Crippen LogP contribution is 2.37. The molecule has 0 radical (unpaired) electrons. The lowest BCUT2D eigenvalue weighted by atomic mass is 10.3. The molecule has 0 aromatic heterocycles. The zero-order valence-electron chi connectivity index (χ0n) is 8.65. The molecule has 1 heterocycles. The molecule has 1 unspecified atom stereocenters. The fourth-order valence-corrected chi connectivity index (χ4v) is 3.82. The second-order valence-electron chi connectivity index (χ2n) is 3.50. The average Bonchev–Trinajstić information content (AvgIpc) is 2.25. The smallest absolute Gasteiger partial charge is 0.239 e. The monoisotopic (exact) mass is 347 g/mol. The van der Waals surface area contributed by atoms with Crippen LogP contribution in [0.1, 0.15) is 0 Å². The van der Waals surface area contributed by atoms with Gasteiger partial charge in [-0.2, -0.15) is 0 Å². The topological polar surface area (TPSA) is 84.2 Å². The lowest BCUT2D eigenvalue weighted by molar-refractivity contribution is 0.597. The Morgan fingerprint density at radius 1 is 1.39 bits per heavy atom. The van der Waals surface area contributed by atoms with Crippen LogP contribution in [0, 0.1) is 0 Å². The van der Waals surface area contributed by atoms with Crippen LogP contribution >= 0.6 is 46.8 Å². The summed E-state index contributed by atoms with van der Waals surface area (Å²) in [5.74, 6) is 0. The van der Waals surface area contributed by atoms with Crippen molar-refractivity contribution in [2.24, 2.45) is 5.14 Å². The molecule has 10 heteroatoms. The van der Waals surface area contributed by atoms with E-state index in [1.165, 1.54) is 24.1 Å². The third-order valence-corrected chi connectivity index (χ3v) is 5.01. The number of fused-ring (bicyclic) bond motifs is 1. The van der Waals surface area contributed by atoms with Gasteiger partial charge in [-0.25, -0.2) is 18.3 Å². The van der Waals surface area contributed by atoms with Crippen molar-refractivity contribution in [1.29, 1.82) is 0 Å². The molecule has 1 aliphatic rings. The predicted molar refractivity (Wildman–Crippen MR) is 74.7 cm³/mol. The first-order chi connectivity index (χ1) is 8.29. The molecule has 1 aromatic rings. The van der Waals surface area contributed by atoms with Gasteiger partial charge in [-0.05, 0) is 24.1 Å². The zero-order valence-corrected chi connectivity index (χ0v) is 12.6. The Labute approximate surface area is 124 Å². The fraction of sp³-hybridized carbons (Fsp3) is 0.250. The van der Waals surface area contributed by atoms with Gasteiger partial charge >= 0.3 is 0 Å². The maximum Gasteiger partial charge on any atom is 0.239 e. The summed E-state index contributed by atoms with van der Waals surface area (Å²) in [5, 5.41) is 8.11. The molecule has 2 rings (SSSR count). The van der Waals surface area contributed by atoms with Crippen LogP contribution in [0.5, 0.6) is 0 Å². The molecule has 0 fully saturated rings. The average molecular weight is 349 g/mol. The van der Waals surface area contributed by atoms with Crippen molar-refractivity contribution >= 4 is 62.5 Å². The molecule has 18 heavy (non-hydrogen) atoms. The Balaban J connectivity index is 2.42. The van der Waals surface area contributed by atoms with Gasteiger partial charge in [0.1, 0.15) is 15.9 Å². The number of nitrogens with two attached hydrogens (primary N) is 1. The van der Waals surface area contributed by atoms with Crippen molar-refractivity contribution in [2.45, 2.75) is 20.8 Å². The number of sulfonamides is 1. The summed E-state index contributed by atoms with van der Waals surface area (Å²) >= 11 is 18.6. The van der Waals surface area contributed by atoms with Crippen LogP contribution < -0.4 is 15.2 Å². The van der Waals surface area contributed by atoms with Crippen LogP contribution in [0.15, 0.2) is 21.9 Å². The second kappa shape index (κ2) is 5.24. The molecule has 0 bridgehead atoms. The molecule has 0 aliphatic carbocycles. The number of rotatable bonds is 2. The van der Waals surface area contributed by atoms with E-state index < -0.39 is 14.9 Å². The molecule has 5 nitrogen and oxygen atoms in total. The lowest BCUT2D eigenvalue weighted by Gasteiger charge is -2.28. The molecule has 100 valence electrons. The van der Waals surface area contributed by atoms with Crippen LogP contribution in [-0.2, 0) is 10.0 Å². The Hall–Kier alpha value is 0.110. The molecule has 4 N–H and O–H groups in total. The number of primary sulfonamides is 1. The molecule has 1 aliphatic heterocycles. The highest BCUT2D eigenvalue weighted by Gasteiger charge is 2.25. The summed E-state index contributed by atoms with van der Waals surface area (Å²) in [6.07, 6.45) is -0.359. The van der Waals surface area contributed by atoms with Crippen molar-refractivity contribution in [3.8, 4) is 0 Å². The van der Waals surface area contributed by atoms with Crippen molar-refractivity contribution in [3.63, 3.8) is 0 Å². The van der Waals surface area contributed by atoms with Crippen LogP contribution in [0.4, 0.5) is 5.69 Å². The van der Waals surface area contributed by atoms with Gasteiger partial charge in [0.25, 0.3) is 0 Å². The molecular formula is C8H8Cl3N3O2S2. The molecule has 0 saturated heterocycles. The van der Waals surface area contributed by atoms with E-state index in [1.54, 1.807) is 0 Å². The maximum absolute atomic E-state index is 11.3. The van der Waals surface area contributed by atoms with Gasteiger partial charge in [0.2, 0.25) is 10.0 Å². The number of hydrogen-bond acceptors (Lipinski definition) is 5. The minimum atomic E-state index is -3.85. The van der Waals surface area contributed by atoms with Crippen LogP contribution in [0.25, 0.3) is 0 Å². The second-order valence-corrected chi connectivity index (χ2v) is 7.48. The lowest BCUT2D eigenvalue weighted by Crippen LogP contribution is -2.40. The number of benzene rings is 1. The summed E-state index contributed by atoms with van der Waals surface area (Å²) in [4.78, 5) is -0.137. The van der Waals surface area contributed by atoms with Gasteiger partial charge in [-0.15, -0.1) is 23.2 Å². The van der Waals surface area contributed by atoms with Gasteiger partial charge in [-0.1, -0.05) is 11.6 Å². The summed E-state index contributed by atoms with van der Waals surface area (Å²) in [6.45, 7) is 0. The summed E-state index contributed by atoms with van der Waals surface area (Å²) in [7, 11) is -3.85. The quantitative estimate of drug-likeness (QED) is 0.563. The molecule has 0 amide bonds. The zero-order chi connectivity index (χ0) is 13.5. The molecule has 1 atom stereocenters. The third-order valence-electron chi connectivity index (χ3n) is 2.20. The molecule has 0 spiro atoms. The van der Waals surface area contributed by atoms with Crippen molar-refractivity contribution in [1.82, 2.24) is 4.72 Å². The Bertz CT molecular complexity index is 579. The minimum Gasteiger partial charge on any atom is -0.366 e. The van der Waals surface area contributed by atoms with E-state index >= 15 is 0 Å². The first-order valence-electron chi connectivity index (χ1n) is 4.62. The number of nitrogens with one attached hydrogen (secondary N) is 2. The van der Waals surface area contributed by atoms with E-state index in [0.29, 0.717) is 10.6 Å². The van der Waals surface area contributed by atoms with Crippen LogP contribution in [0.2, 0.25) is 5.02 Å². The number of halogens is 3. The molecular weight excluding hydrogens is 341 g/mol. The van der Waals surface area contributed by atoms with Gasteiger partial charge in [0.15, 0.2) is 0 Å². The first kappa shape index (κ1) is 14.5. The predicted octanol–water partition coefficient (Wildman–Crippen LogP) is 2.14.